The molecule has 0 aromatic heterocycles. The topological polar surface area (TPSA) is 58.1 Å². The predicted molar refractivity (Wildman–Crippen MR) is 136 cm³/mol. The number of benzene rings is 2. The van der Waals surface area contributed by atoms with E-state index in [1.165, 1.54) is 11.1 Å². The Morgan fingerprint density at radius 2 is 1.80 bits per heavy atom. The van der Waals surface area contributed by atoms with Crippen molar-refractivity contribution in [3.8, 4) is 11.5 Å². The fourth-order valence-electron chi connectivity index (χ4n) is 2.85. The highest BCUT2D eigenvalue weighted by atomic mass is 127. The Morgan fingerprint density at radius 3 is 2.40 bits per heavy atom. The molecule has 0 spiro atoms. The lowest BCUT2D eigenvalue weighted by Gasteiger charge is -2.23. The Hall–Kier alpha value is -2.00. The lowest BCUT2D eigenvalue weighted by Crippen LogP contribution is -2.31. The second-order valence-electron chi connectivity index (χ2n) is 7.13. The van der Waals surface area contributed by atoms with Gasteiger partial charge in [-0.3, -0.25) is 9.89 Å². The summed E-state index contributed by atoms with van der Waals surface area (Å²) in [5, 5.41) is 6.73. The largest absolute Gasteiger partial charge is 0.493 e. The van der Waals surface area contributed by atoms with Crippen LogP contribution in [0.4, 0.5) is 5.69 Å². The maximum Gasteiger partial charge on any atom is 0.195 e. The number of ether oxygens (including phenoxy) is 2. The zero-order valence-electron chi connectivity index (χ0n) is 18.9. The van der Waals surface area contributed by atoms with Crippen molar-refractivity contribution in [2.24, 2.45) is 4.99 Å². The van der Waals surface area contributed by atoms with E-state index < -0.39 is 0 Å². The van der Waals surface area contributed by atoms with Crippen LogP contribution >= 0.6 is 24.0 Å². The molecule has 0 amide bonds. The van der Waals surface area contributed by atoms with E-state index >= 15 is 0 Å². The molecular formula is C23H35IN4O2. The van der Waals surface area contributed by atoms with Gasteiger partial charge in [0.2, 0.25) is 0 Å². The molecule has 0 aliphatic carbocycles. The van der Waals surface area contributed by atoms with Crippen LogP contribution in [0.15, 0.2) is 47.5 Å². The molecule has 2 aromatic carbocycles. The molecule has 0 aliphatic rings. The van der Waals surface area contributed by atoms with Gasteiger partial charge in [0.25, 0.3) is 0 Å². The predicted octanol–water partition coefficient (Wildman–Crippen LogP) is 4.74. The molecule has 7 heteroatoms. The minimum Gasteiger partial charge on any atom is -0.493 e. The van der Waals surface area contributed by atoms with Gasteiger partial charge >= 0.3 is 0 Å². The molecule has 0 fully saturated rings. The molecule has 2 N–H and O–H groups in total. The fourth-order valence-corrected chi connectivity index (χ4v) is 2.85. The zero-order chi connectivity index (χ0) is 21.2. The molecule has 2 aromatic rings. The van der Waals surface area contributed by atoms with Crippen LogP contribution in [-0.4, -0.2) is 44.7 Å². The highest BCUT2D eigenvalue weighted by molar-refractivity contribution is 14.0. The molecule has 2 rings (SSSR count). The van der Waals surface area contributed by atoms with Crippen LogP contribution in [0, 0.1) is 0 Å². The van der Waals surface area contributed by atoms with E-state index in [4.69, 9.17) is 9.47 Å². The molecule has 0 unspecified atom stereocenters. The first-order valence-electron chi connectivity index (χ1n) is 10.0. The summed E-state index contributed by atoms with van der Waals surface area (Å²) < 4.78 is 11.0. The van der Waals surface area contributed by atoms with Crippen molar-refractivity contribution < 1.29 is 9.47 Å². The number of hydrogen-bond acceptors (Lipinski definition) is 4. The summed E-state index contributed by atoms with van der Waals surface area (Å²) >= 11 is 0. The van der Waals surface area contributed by atoms with Gasteiger partial charge in [-0.1, -0.05) is 24.3 Å². The average molecular weight is 526 g/mol. The van der Waals surface area contributed by atoms with Crippen LogP contribution in [0.1, 0.15) is 31.9 Å². The maximum absolute atomic E-state index is 5.66. The molecule has 0 atom stereocenters. The lowest BCUT2D eigenvalue weighted by atomic mass is 10.1. The number of rotatable bonds is 9. The van der Waals surface area contributed by atoms with E-state index in [1.54, 1.807) is 14.2 Å². The third-order valence-electron chi connectivity index (χ3n) is 4.82. The first-order valence-corrected chi connectivity index (χ1v) is 10.0. The van der Waals surface area contributed by atoms with Gasteiger partial charge < -0.3 is 20.1 Å². The lowest BCUT2D eigenvalue weighted by molar-refractivity contribution is 0.265. The Balaban J connectivity index is 0.00000450. The van der Waals surface area contributed by atoms with Gasteiger partial charge in [-0.25, -0.2) is 0 Å². The molecule has 0 bridgehead atoms. The van der Waals surface area contributed by atoms with Crippen molar-refractivity contribution >= 4 is 35.6 Å². The van der Waals surface area contributed by atoms with E-state index in [1.807, 2.05) is 25.1 Å². The average Bonchev–Trinajstić information content (AvgIpc) is 2.72. The van der Waals surface area contributed by atoms with Crippen LogP contribution in [0.5, 0.6) is 11.5 Å². The fraction of sp³-hybridized carbons (Fsp3) is 0.435. The Morgan fingerprint density at radius 1 is 1.10 bits per heavy atom. The first-order chi connectivity index (χ1) is 14.0. The van der Waals surface area contributed by atoms with Gasteiger partial charge in [0.05, 0.1) is 13.7 Å². The molecule has 6 nitrogen and oxygen atoms in total. The van der Waals surface area contributed by atoms with Crippen LogP contribution in [0.25, 0.3) is 0 Å². The summed E-state index contributed by atoms with van der Waals surface area (Å²) in [7, 11) is 5.55. The van der Waals surface area contributed by atoms with Gasteiger partial charge in [0.15, 0.2) is 17.5 Å². The van der Waals surface area contributed by atoms with E-state index in [0.29, 0.717) is 36.7 Å². The second-order valence-corrected chi connectivity index (χ2v) is 7.13. The van der Waals surface area contributed by atoms with Gasteiger partial charge in [-0.05, 0) is 51.1 Å². The molecule has 0 radical (unpaired) electrons. The van der Waals surface area contributed by atoms with E-state index in [2.05, 4.69) is 65.7 Å². The number of methoxy groups -OCH3 is 1. The maximum atomic E-state index is 5.66. The molecule has 0 saturated carbocycles. The Bertz CT molecular complexity index is 812. The summed E-state index contributed by atoms with van der Waals surface area (Å²) in [6.07, 6.45) is 0. The number of hydrogen-bond donors (Lipinski definition) is 2. The van der Waals surface area contributed by atoms with E-state index in [0.717, 1.165) is 12.2 Å². The standard InChI is InChI=1S/C23H34N4O2.HI/c1-7-29-22-14-20(12-13-21(22)28-6)26-23(24-4)25-15-18-10-8-9-11-19(18)16-27(5)17(2)3;/h8-14,17H,7,15-16H2,1-6H3,(H2,24,25,26);1H. The monoisotopic (exact) mass is 526 g/mol. The van der Waals surface area contributed by atoms with Crippen molar-refractivity contribution in [3.63, 3.8) is 0 Å². The third-order valence-corrected chi connectivity index (χ3v) is 4.82. The number of nitrogens with zero attached hydrogens (tertiary/aromatic N) is 2. The molecular weight excluding hydrogens is 491 g/mol. The van der Waals surface area contributed by atoms with Crippen LogP contribution in [0.2, 0.25) is 0 Å². The van der Waals surface area contributed by atoms with Crippen LogP contribution in [0.3, 0.4) is 0 Å². The van der Waals surface area contributed by atoms with Crippen molar-refractivity contribution in [1.82, 2.24) is 10.2 Å². The third kappa shape index (κ3) is 7.68. The van der Waals surface area contributed by atoms with E-state index in [9.17, 15) is 0 Å². The minimum atomic E-state index is 0. The van der Waals surface area contributed by atoms with E-state index in [-0.39, 0.29) is 24.0 Å². The highest BCUT2D eigenvalue weighted by Gasteiger charge is 2.10. The van der Waals surface area contributed by atoms with Crippen molar-refractivity contribution in [1.29, 1.82) is 0 Å². The van der Waals surface area contributed by atoms with Gasteiger partial charge in [-0.15, -0.1) is 24.0 Å². The van der Waals surface area contributed by atoms with Crippen molar-refractivity contribution in [3.05, 3.63) is 53.6 Å². The normalized spacial score (nSPS) is 11.3. The highest BCUT2D eigenvalue weighted by Crippen LogP contribution is 2.30. The summed E-state index contributed by atoms with van der Waals surface area (Å²) in [5.41, 5.74) is 3.46. The molecule has 0 heterocycles. The van der Waals surface area contributed by atoms with Crippen molar-refractivity contribution in [2.45, 2.75) is 39.9 Å². The Kier molecular flexibility index (Phi) is 11.6. The van der Waals surface area contributed by atoms with Crippen LogP contribution in [-0.2, 0) is 13.1 Å². The molecule has 0 aliphatic heterocycles. The summed E-state index contributed by atoms with van der Waals surface area (Å²) in [6.45, 7) is 8.55. The van der Waals surface area contributed by atoms with Crippen LogP contribution < -0.4 is 20.1 Å². The summed E-state index contributed by atoms with van der Waals surface area (Å²) in [5.74, 6) is 2.12. The molecule has 166 valence electrons. The Labute approximate surface area is 198 Å². The number of anilines is 1. The quantitative estimate of drug-likeness (QED) is 0.281. The second kappa shape index (κ2) is 13.3. The van der Waals surface area contributed by atoms with Gasteiger partial charge in [0, 0.05) is 37.9 Å². The number of guanidine groups is 1. The number of halogens is 1. The molecule has 30 heavy (non-hydrogen) atoms. The van der Waals surface area contributed by atoms with Crippen molar-refractivity contribution in [2.75, 3.05) is 33.1 Å². The smallest absolute Gasteiger partial charge is 0.195 e. The summed E-state index contributed by atoms with van der Waals surface area (Å²) in [4.78, 5) is 6.68. The van der Waals surface area contributed by atoms with Gasteiger partial charge in [0.1, 0.15) is 0 Å². The first kappa shape index (κ1) is 26.0. The molecule has 0 saturated heterocycles. The summed E-state index contributed by atoms with van der Waals surface area (Å²) in [6, 6.07) is 14.8. The minimum absolute atomic E-state index is 0. The SMILES string of the molecule is CCOc1cc(NC(=NC)NCc2ccccc2CN(C)C(C)C)ccc1OC.I. The zero-order valence-corrected chi connectivity index (χ0v) is 21.2. The van der Waals surface area contributed by atoms with Gasteiger partial charge in [-0.2, -0.15) is 0 Å². The number of aliphatic imine (C=N–C) groups is 1. The number of nitrogens with one attached hydrogen (secondary N) is 2.